The van der Waals surface area contributed by atoms with Gasteiger partial charge in [0.05, 0.1) is 17.1 Å². The van der Waals surface area contributed by atoms with Gasteiger partial charge in [-0.05, 0) is 37.5 Å². The van der Waals surface area contributed by atoms with Crippen molar-refractivity contribution in [3.8, 4) is 10.8 Å². The molecule has 3 aromatic heterocycles. The SMILES string of the molecule is Cc1nsc(-c2nnc3n2CCN(C(=O)c2nc4ccccc4[nH]2)C3C)n1. The van der Waals surface area contributed by atoms with Crippen molar-refractivity contribution in [2.24, 2.45) is 0 Å². The Morgan fingerprint density at radius 2 is 2.07 bits per heavy atom. The number of hydrogen-bond acceptors (Lipinski definition) is 7. The van der Waals surface area contributed by atoms with Crippen LogP contribution in [0.1, 0.15) is 35.2 Å². The number of carbonyl (C=O) groups excluding carboxylic acids is 1. The number of H-pyrrole nitrogens is 1. The van der Waals surface area contributed by atoms with Crippen LogP contribution in [0.25, 0.3) is 21.9 Å². The molecule has 0 saturated heterocycles. The first-order valence-corrected chi connectivity index (χ1v) is 9.38. The maximum atomic E-state index is 13.0. The van der Waals surface area contributed by atoms with Crippen molar-refractivity contribution in [3.63, 3.8) is 0 Å². The van der Waals surface area contributed by atoms with E-state index in [1.54, 1.807) is 4.90 Å². The van der Waals surface area contributed by atoms with Gasteiger partial charge in [0.2, 0.25) is 0 Å². The molecule has 0 saturated carbocycles. The number of aromatic nitrogens is 7. The lowest BCUT2D eigenvalue weighted by atomic mass is 10.2. The fourth-order valence-corrected chi connectivity index (χ4v) is 4.06. The average molecular weight is 380 g/mol. The smallest absolute Gasteiger partial charge is 0.290 e. The monoisotopic (exact) mass is 380 g/mol. The summed E-state index contributed by atoms with van der Waals surface area (Å²) in [5.41, 5.74) is 1.63. The second-order valence-electron chi connectivity index (χ2n) is 6.46. The van der Waals surface area contributed by atoms with Crippen molar-refractivity contribution in [3.05, 3.63) is 41.7 Å². The standard InChI is InChI=1S/C17H16N8OS/c1-9-14-21-22-15(16-18-10(2)23-27-16)25(14)8-7-24(9)17(26)13-19-11-5-3-4-6-12(11)20-13/h3-6,9H,7-8H2,1-2H3,(H,19,20). The van der Waals surface area contributed by atoms with Gasteiger partial charge >= 0.3 is 0 Å². The summed E-state index contributed by atoms with van der Waals surface area (Å²) in [4.78, 5) is 26.7. The number of benzene rings is 1. The zero-order chi connectivity index (χ0) is 18.5. The Hall–Kier alpha value is -3.14. The van der Waals surface area contributed by atoms with E-state index in [1.807, 2.05) is 42.7 Å². The molecule has 0 bridgehead atoms. The van der Waals surface area contributed by atoms with Crippen LogP contribution in [0.15, 0.2) is 24.3 Å². The minimum atomic E-state index is -0.213. The maximum Gasteiger partial charge on any atom is 0.290 e. The Morgan fingerprint density at radius 1 is 1.22 bits per heavy atom. The first kappa shape index (κ1) is 16.1. The van der Waals surface area contributed by atoms with E-state index in [4.69, 9.17) is 0 Å². The predicted octanol–water partition coefficient (Wildman–Crippen LogP) is 2.20. The van der Waals surface area contributed by atoms with Crippen LogP contribution in [-0.2, 0) is 6.54 Å². The molecular formula is C17H16N8OS. The normalized spacial score (nSPS) is 16.7. The first-order chi connectivity index (χ1) is 13.1. The molecule has 9 nitrogen and oxygen atoms in total. The van der Waals surface area contributed by atoms with Crippen LogP contribution in [0.4, 0.5) is 0 Å². The summed E-state index contributed by atoms with van der Waals surface area (Å²) in [5.74, 6) is 2.38. The summed E-state index contributed by atoms with van der Waals surface area (Å²) in [7, 11) is 0. The molecular weight excluding hydrogens is 364 g/mol. The lowest BCUT2D eigenvalue weighted by molar-refractivity contribution is 0.0627. The highest BCUT2D eigenvalue weighted by molar-refractivity contribution is 7.09. The molecule has 4 aromatic rings. The summed E-state index contributed by atoms with van der Waals surface area (Å²) in [6.45, 7) is 4.96. The Kier molecular flexibility index (Phi) is 3.54. The fraction of sp³-hybridized carbons (Fsp3) is 0.294. The topological polar surface area (TPSA) is 105 Å². The highest BCUT2D eigenvalue weighted by atomic mass is 32.1. The molecule has 1 atom stereocenters. The third kappa shape index (κ3) is 2.52. The number of hydrogen-bond donors (Lipinski definition) is 1. The number of carbonyl (C=O) groups is 1. The number of aryl methyl sites for hydroxylation is 1. The van der Waals surface area contributed by atoms with Gasteiger partial charge < -0.3 is 14.5 Å². The summed E-state index contributed by atoms with van der Waals surface area (Å²) in [5, 5.41) is 9.36. The van der Waals surface area contributed by atoms with E-state index in [0.29, 0.717) is 24.7 Å². The summed E-state index contributed by atoms with van der Waals surface area (Å²) in [6, 6.07) is 7.40. The van der Waals surface area contributed by atoms with Gasteiger partial charge in [0.15, 0.2) is 22.5 Å². The lowest BCUT2D eigenvalue weighted by Crippen LogP contribution is -2.41. The number of imidazole rings is 1. The molecule has 0 spiro atoms. The number of amides is 1. The highest BCUT2D eigenvalue weighted by Gasteiger charge is 2.33. The van der Waals surface area contributed by atoms with Gasteiger partial charge in [-0.25, -0.2) is 9.97 Å². The van der Waals surface area contributed by atoms with Gasteiger partial charge in [-0.3, -0.25) is 4.79 Å². The second kappa shape index (κ2) is 5.95. The number of para-hydroxylation sites is 2. The second-order valence-corrected chi connectivity index (χ2v) is 7.21. The molecule has 10 heteroatoms. The Labute approximate surface area is 158 Å². The van der Waals surface area contributed by atoms with E-state index in [9.17, 15) is 4.79 Å². The molecule has 4 heterocycles. The number of aromatic amines is 1. The third-order valence-electron chi connectivity index (χ3n) is 4.76. The minimum absolute atomic E-state index is 0.138. The molecule has 136 valence electrons. The van der Waals surface area contributed by atoms with E-state index in [0.717, 1.165) is 27.7 Å². The van der Waals surface area contributed by atoms with Crippen molar-refractivity contribution in [2.45, 2.75) is 26.4 Å². The molecule has 0 aliphatic carbocycles. The average Bonchev–Trinajstić information content (AvgIpc) is 3.38. The molecule has 27 heavy (non-hydrogen) atoms. The van der Waals surface area contributed by atoms with Gasteiger partial charge in [-0.2, -0.15) is 4.37 Å². The number of nitrogens with one attached hydrogen (secondary N) is 1. The lowest BCUT2D eigenvalue weighted by Gasteiger charge is -2.33. The van der Waals surface area contributed by atoms with Gasteiger partial charge in [0, 0.05) is 13.1 Å². The van der Waals surface area contributed by atoms with Crippen LogP contribution in [0.5, 0.6) is 0 Å². The van der Waals surface area contributed by atoms with Gasteiger partial charge in [0.25, 0.3) is 5.91 Å². The molecule has 1 amide bonds. The minimum Gasteiger partial charge on any atom is -0.334 e. The molecule has 5 rings (SSSR count). The van der Waals surface area contributed by atoms with Crippen molar-refractivity contribution in [1.82, 2.24) is 39.0 Å². The van der Waals surface area contributed by atoms with E-state index in [2.05, 4.69) is 29.5 Å². The van der Waals surface area contributed by atoms with Crippen molar-refractivity contribution >= 4 is 28.5 Å². The Bertz CT molecular complexity index is 1130. The van der Waals surface area contributed by atoms with Crippen LogP contribution in [0.3, 0.4) is 0 Å². The zero-order valence-electron chi connectivity index (χ0n) is 14.7. The van der Waals surface area contributed by atoms with Crippen LogP contribution in [-0.4, -0.2) is 51.4 Å². The third-order valence-corrected chi connectivity index (χ3v) is 5.56. The number of nitrogens with zero attached hydrogens (tertiary/aromatic N) is 7. The highest BCUT2D eigenvalue weighted by Crippen LogP contribution is 2.30. The predicted molar refractivity (Wildman–Crippen MR) is 99.2 cm³/mol. The van der Waals surface area contributed by atoms with E-state index < -0.39 is 0 Å². The van der Waals surface area contributed by atoms with Gasteiger partial charge in [0.1, 0.15) is 5.82 Å². The fourth-order valence-electron chi connectivity index (χ4n) is 3.40. The van der Waals surface area contributed by atoms with E-state index in [1.165, 1.54) is 11.5 Å². The Morgan fingerprint density at radius 3 is 2.85 bits per heavy atom. The van der Waals surface area contributed by atoms with E-state index in [-0.39, 0.29) is 11.9 Å². The quantitative estimate of drug-likeness (QED) is 0.571. The summed E-state index contributed by atoms with van der Waals surface area (Å²) in [6.07, 6.45) is 0. The molecule has 0 fully saturated rings. The molecule has 1 aliphatic rings. The molecule has 1 aromatic carbocycles. The van der Waals surface area contributed by atoms with Crippen LogP contribution < -0.4 is 0 Å². The summed E-state index contributed by atoms with van der Waals surface area (Å²) >= 11 is 1.31. The van der Waals surface area contributed by atoms with Gasteiger partial charge in [-0.15, -0.1) is 10.2 Å². The molecule has 0 radical (unpaired) electrons. The Balaban J connectivity index is 1.47. The zero-order valence-corrected chi connectivity index (χ0v) is 15.6. The van der Waals surface area contributed by atoms with Crippen LogP contribution in [0.2, 0.25) is 0 Å². The van der Waals surface area contributed by atoms with Crippen LogP contribution >= 0.6 is 11.5 Å². The van der Waals surface area contributed by atoms with Gasteiger partial charge in [-0.1, -0.05) is 12.1 Å². The summed E-state index contributed by atoms with van der Waals surface area (Å²) < 4.78 is 6.24. The van der Waals surface area contributed by atoms with E-state index >= 15 is 0 Å². The molecule has 1 unspecified atom stereocenters. The molecule has 1 N–H and O–H groups in total. The van der Waals surface area contributed by atoms with Crippen molar-refractivity contribution in [2.75, 3.05) is 6.54 Å². The van der Waals surface area contributed by atoms with Crippen LogP contribution in [0, 0.1) is 6.92 Å². The number of rotatable bonds is 2. The van der Waals surface area contributed by atoms with Crippen molar-refractivity contribution < 1.29 is 4.79 Å². The molecule has 1 aliphatic heterocycles. The maximum absolute atomic E-state index is 13.0. The first-order valence-electron chi connectivity index (χ1n) is 8.61. The number of fused-ring (bicyclic) bond motifs is 2. The largest absolute Gasteiger partial charge is 0.334 e. The van der Waals surface area contributed by atoms with Crippen molar-refractivity contribution in [1.29, 1.82) is 0 Å².